The molecule has 0 amide bonds. The van der Waals surface area contributed by atoms with Crippen molar-refractivity contribution in [3.63, 3.8) is 0 Å². The number of ether oxygens (including phenoxy) is 1. The van der Waals surface area contributed by atoms with Crippen LogP contribution in [0.15, 0.2) is 24.3 Å². The lowest BCUT2D eigenvalue weighted by Gasteiger charge is -2.28. The molecule has 0 spiro atoms. The van der Waals surface area contributed by atoms with Gasteiger partial charge in [-0.05, 0) is 42.5 Å². The number of hydrogen-bond donors (Lipinski definition) is 1. The third-order valence-electron chi connectivity index (χ3n) is 4.18. The SMILES string of the molecule is COc1ccc(CNCC2CCCCC2C)cc1. The molecule has 0 aliphatic heterocycles. The molecule has 1 saturated carbocycles. The summed E-state index contributed by atoms with van der Waals surface area (Å²) >= 11 is 0. The number of hydrogen-bond acceptors (Lipinski definition) is 2. The van der Waals surface area contributed by atoms with E-state index in [-0.39, 0.29) is 0 Å². The average molecular weight is 247 g/mol. The number of benzene rings is 1. The molecule has 1 aliphatic carbocycles. The number of methoxy groups -OCH3 is 1. The molecule has 2 atom stereocenters. The van der Waals surface area contributed by atoms with E-state index in [4.69, 9.17) is 4.74 Å². The fourth-order valence-corrected chi connectivity index (χ4v) is 2.84. The van der Waals surface area contributed by atoms with Crippen molar-refractivity contribution in [3.8, 4) is 5.75 Å². The van der Waals surface area contributed by atoms with Gasteiger partial charge in [-0.2, -0.15) is 0 Å². The van der Waals surface area contributed by atoms with Crippen molar-refractivity contribution in [2.75, 3.05) is 13.7 Å². The monoisotopic (exact) mass is 247 g/mol. The first kappa shape index (κ1) is 13.4. The lowest BCUT2D eigenvalue weighted by Crippen LogP contribution is -2.29. The van der Waals surface area contributed by atoms with Crippen molar-refractivity contribution < 1.29 is 4.74 Å². The Labute approximate surface area is 111 Å². The molecule has 0 saturated heterocycles. The first-order valence-electron chi connectivity index (χ1n) is 7.13. The fourth-order valence-electron chi connectivity index (χ4n) is 2.84. The van der Waals surface area contributed by atoms with Gasteiger partial charge in [-0.3, -0.25) is 0 Å². The predicted molar refractivity (Wildman–Crippen MR) is 75.8 cm³/mol. The van der Waals surface area contributed by atoms with Gasteiger partial charge >= 0.3 is 0 Å². The summed E-state index contributed by atoms with van der Waals surface area (Å²) in [4.78, 5) is 0. The highest BCUT2D eigenvalue weighted by molar-refractivity contribution is 5.26. The van der Waals surface area contributed by atoms with Crippen LogP contribution in [0.1, 0.15) is 38.2 Å². The molecule has 100 valence electrons. The highest BCUT2D eigenvalue weighted by atomic mass is 16.5. The minimum absolute atomic E-state index is 0.872. The van der Waals surface area contributed by atoms with Gasteiger partial charge in [0.15, 0.2) is 0 Å². The third-order valence-corrected chi connectivity index (χ3v) is 4.18. The van der Waals surface area contributed by atoms with Crippen molar-refractivity contribution >= 4 is 0 Å². The molecular formula is C16H25NO. The van der Waals surface area contributed by atoms with Gasteiger partial charge in [-0.1, -0.05) is 38.3 Å². The van der Waals surface area contributed by atoms with Crippen LogP contribution in [-0.4, -0.2) is 13.7 Å². The van der Waals surface area contributed by atoms with E-state index in [0.29, 0.717) is 0 Å². The lowest BCUT2D eigenvalue weighted by molar-refractivity contribution is 0.247. The van der Waals surface area contributed by atoms with E-state index in [2.05, 4.69) is 24.4 Å². The Bertz CT molecular complexity index is 347. The lowest BCUT2D eigenvalue weighted by atomic mass is 9.80. The highest BCUT2D eigenvalue weighted by Gasteiger charge is 2.20. The van der Waals surface area contributed by atoms with E-state index >= 15 is 0 Å². The summed E-state index contributed by atoms with van der Waals surface area (Å²) in [5.41, 5.74) is 1.33. The van der Waals surface area contributed by atoms with Crippen molar-refractivity contribution in [2.24, 2.45) is 11.8 Å². The largest absolute Gasteiger partial charge is 0.497 e. The predicted octanol–water partition coefficient (Wildman–Crippen LogP) is 3.61. The second kappa shape index (κ2) is 6.79. The van der Waals surface area contributed by atoms with Gasteiger partial charge in [-0.25, -0.2) is 0 Å². The van der Waals surface area contributed by atoms with Crippen LogP contribution in [0.25, 0.3) is 0 Å². The van der Waals surface area contributed by atoms with Gasteiger partial charge in [0, 0.05) is 6.54 Å². The molecule has 1 N–H and O–H groups in total. The van der Waals surface area contributed by atoms with Gasteiger partial charge in [-0.15, -0.1) is 0 Å². The molecule has 1 aromatic rings. The van der Waals surface area contributed by atoms with E-state index in [1.807, 2.05) is 12.1 Å². The van der Waals surface area contributed by atoms with Gasteiger partial charge < -0.3 is 10.1 Å². The van der Waals surface area contributed by atoms with Crippen LogP contribution in [0.2, 0.25) is 0 Å². The summed E-state index contributed by atoms with van der Waals surface area (Å²) in [6.07, 6.45) is 5.65. The molecule has 1 aromatic carbocycles. The summed E-state index contributed by atoms with van der Waals surface area (Å²) in [5, 5.41) is 3.60. The topological polar surface area (TPSA) is 21.3 Å². The zero-order valence-electron chi connectivity index (χ0n) is 11.6. The molecule has 0 bridgehead atoms. The second-order valence-corrected chi connectivity index (χ2v) is 5.50. The maximum Gasteiger partial charge on any atom is 0.118 e. The Balaban J connectivity index is 1.73. The highest BCUT2D eigenvalue weighted by Crippen LogP contribution is 2.28. The van der Waals surface area contributed by atoms with Crippen LogP contribution < -0.4 is 10.1 Å². The van der Waals surface area contributed by atoms with Gasteiger partial charge in [0.05, 0.1) is 7.11 Å². The Hall–Kier alpha value is -1.02. The van der Waals surface area contributed by atoms with Crippen molar-refractivity contribution in [1.29, 1.82) is 0 Å². The molecule has 18 heavy (non-hydrogen) atoms. The van der Waals surface area contributed by atoms with Crippen LogP contribution in [0.4, 0.5) is 0 Å². The third kappa shape index (κ3) is 3.74. The normalized spacial score (nSPS) is 23.9. The first-order valence-corrected chi connectivity index (χ1v) is 7.13. The van der Waals surface area contributed by atoms with E-state index in [9.17, 15) is 0 Å². The summed E-state index contributed by atoms with van der Waals surface area (Å²) in [6.45, 7) is 4.53. The van der Waals surface area contributed by atoms with Crippen LogP contribution in [-0.2, 0) is 6.54 Å². The molecule has 0 radical (unpaired) electrons. The molecule has 0 heterocycles. The summed E-state index contributed by atoms with van der Waals surface area (Å²) in [6, 6.07) is 8.33. The first-order chi connectivity index (χ1) is 8.79. The van der Waals surface area contributed by atoms with Crippen molar-refractivity contribution in [2.45, 2.75) is 39.2 Å². The number of nitrogens with one attached hydrogen (secondary N) is 1. The number of rotatable bonds is 5. The molecule has 1 fully saturated rings. The van der Waals surface area contributed by atoms with Gasteiger partial charge in [0.1, 0.15) is 5.75 Å². The Morgan fingerprint density at radius 2 is 1.89 bits per heavy atom. The summed E-state index contributed by atoms with van der Waals surface area (Å²) < 4.78 is 5.16. The molecule has 2 heteroatoms. The van der Waals surface area contributed by atoms with E-state index < -0.39 is 0 Å². The zero-order valence-corrected chi connectivity index (χ0v) is 11.6. The average Bonchev–Trinajstić information content (AvgIpc) is 2.42. The quantitative estimate of drug-likeness (QED) is 0.858. The van der Waals surface area contributed by atoms with E-state index in [1.54, 1.807) is 7.11 Å². The van der Waals surface area contributed by atoms with Crippen molar-refractivity contribution in [3.05, 3.63) is 29.8 Å². The molecule has 2 nitrogen and oxygen atoms in total. The van der Waals surface area contributed by atoms with Crippen molar-refractivity contribution in [1.82, 2.24) is 5.32 Å². The Morgan fingerprint density at radius 1 is 1.17 bits per heavy atom. The summed E-state index contributed by atoms with van der Waals surface area (Å²) in [7, 11) is 1.71. The molecular weight excluding hydrogens is 222 g/mol. The standard InChI is InChI=1S/C16H25NO/c1-13-5-3-4-6-15(13)12-17-11-14-7-9-16(18-2)10-8-14/h7-10,13,15,17H,3-6,11-12H2,1-2H3. The van der Waals surface area contributed by atoms with Crippen LogP contribution in [0.3, 0.4) is 0 Å². The maximum absolute atomic E-state index is 5.16. The molecule has 1 aliphatic rings. The van der Waals surface area contributed by atoms with Gasteiger partial charge in [0.2, 0.25) is 0 Å². The van der Waals surface area contributed by atoms with Crippen LogP contribution in [0, 0.1) is 11.8 Å². The van der Waals surface area contributed by atoms with Crippen LogP contribution in [0.5, 0.6) is 5.75 Å². The van der Waals surface area contributed by atoms with E-state index in [0.717, 1.165) is 30.7 Å². The molecule has 0 aromatic heterocycles. The van der Waals surface area contributed by atoms with Crippen LogP contribution >= 0.6 is 0 Å². The minimum atomic E-state index is 0.872. The fraction of sp³-hybridized carbons (Fsp3) is 0.625. The summed E-state index contributed by atoms with van der Waals surface area (Å²) in [5.74, 6) is 2.69. The van der Waals surface area contributed by atoms with Gasteiger partial charge in [0.25, 0.3) is 0 Å². The zero-order chi connectivity index (χ0) is 12.8. The molecule has 2 rings (SSSR count). The maximum atomic E-state index is 5.16. The molecule has 2 unspecified atom stereocenters. The minimum Gasteiger partial charge on any atom is -0.497 e. The second-order valence-electron chi connectivity index (χ2n) is 5.50. The Kier molecular flexibility index (Phi) is 5.06. The Morgan fingerprint density at radius 3 is 2.56 bits per heavy atom. The van der Waals surface area contributed by atoms with E-state index in [1.165, 1.54) is 31.2 Å². The smallest absolute Gasteiger partial charge is 0.118 e.